The second kappa shape index (κ2) is 8.11. The van der Waals surface area contributed by atoms with Crippen molar-refractivity contribution in [2.24, 2.45) is 0 Å². The van der Waals surface area contributed by atoms with E-state index in [4.69, 9.17) is 27.9 Å². The molecule has 0 aliphatic heterocycles. The van der Waals surface area contributed by atoms with Gasteiger partial charge in [0.05, 0.1) is 28.9 Å². The summed E-state index contributed by atoms with van der Waals surface area (Å²) < 4.78 is 16.2. The summed E-state index contributed by atoms with van der Waals surface area (Å²) in [7, 11) is 0. The number of hydrogen-bond acceptors (Lipinski definition) is 7. The first kappa shape index (κ1) is 19.8. The molecule has 0 bridgehead atoms. The molecule has 0 saturated carbocycles. The Morgan fingerprint density at radius 1 is 1.16 bits per heavy atom. The van der Waals surface area contributed by atoms with Gasteiger partial charge in [0.15, 0.2) is 5.65 Å². The van der Waals surface area contributed by atoms with Crippen LogP contribution in [-0.4, -0.2) is 19.5 Å². The highest BCUT2D eigenvalue weighted by Crippen LogP contribution is 2.31. The topological polar surface area (TPSA) is 129 Å². The van der Waals surface area contributed by atoms with Crippen LogP contribution >= 0.6 is 11.6 Å². The SMILES string of the molecule is N#C/C=C/c1cc(F)c(-n2c(N)nc3cnc(Nc4ccc(C#N)cc4)nc32)c(Cl)c1. The normalized spacial score (nSPS) is 10.8. The van der Waals surface area contributed by atoms with Crippen LogP contribution in [0.3, 0.4) is 0 Å². The zero-order chi connectivity index (χ0) is 22.0. The van der Waals surface area contributed by atoms with Crippen LogP contribution in [0.4, 0.5) is 22.0 Å². The third-order valence-corrected chi connectivity index (χ3v) is 4.60. The summed E-state index contributed by atoms with van der Waals surface area (Å²) in [5.74, 6) is -0.444. The van der Waals surface area contributed by atoms with E-state index >= 15 is 0 Å². The molecule has 31 heavy (non-hydrogen) atoms. The van der Waals surface area contributed by atoms with Gasteiger partial charge in [0.1, 0.15) is 17.0 Å². The number of nitrogens with two attached hydrogens (primary N) is 1. The van der Waals surface area contributed by atoms with Crippen LogP contribution in [0.15, 0.2) is 48.7 Å². The average Bonchev–Trinajstić information content (AvgIpc) is 3.07. The minimum absolute atomic E-state index is 0.0130. The number of halogens is 2. The van der Waals surface area contributed by atoms with Crippen molar-refractivity contribution in [1.29, 1.82) is 10.5 Å². The van der Waals surface area contributed by atoms with E-state index in [2.05, 4.69) is 20.3 Å². The van der Waals surface area contributed by atoms with Gasteiger partial charge in [0.25, 0.3) is 0 Å². The Labute approximate surface area is 180 Å². The molecule has 0 spiro atoms. The van der Waals surface area contributed by atoms with Crippen molar-refractivity contribution in [3.63, 3.8) is 0 Å². The van der Waals surface area contributed by atoms with E-state index in [1.54, 1.807) is 24.3 Å². The predicted molar refractivity (Wildman–Crippen MR) is 115 cm³/mol. The number of rotatable bonds is 4. The number of nitrogens with one attached hydrogen (secondary N) is 1. The Bertz CT molecular complexity index is 1390. The van der Waals surface area contributed by atoms with Gasteiger partial charge in [-0.05, 0) is 48.0 Å². The Morgan fingerprint density at radius 3 is 2.61 bits per heavy atom. The van der Waals surface area contributed by atoms with Crippen LogP contribution in [0.2, 0.25) is 5.02 Å². The maximum atomic E-state index is 14.9. The number of nitrogens with zero attached hydrogens (tertiary/aromatic N) is 6. The Hall–Kier alpha value is -4.47. The Balaban J connectivity index is 1.79. The second-order valence-corrected chi connectivity index (χ2v) is 6.72. The quantitative estimate of drug-likeness (QED) is 0.460. The fraction of sp³-hybridized carbons (Fsp3) is 0. The average molecular weight is 431 g/mol. The van der Waals surface area contributed by atoms with Crippen LogP contribution in [-0.2, 0) is 0 Å². The summed E-state index contributed by atoms with van der Waals surface area (Å²) >= 11 is 6.33. The predicted octanol–water partition coefficient (Wildman–Crippen LogP) is 4.34. The van der Waals surface area contributed by atoms with Crippen molar-refractivity contribution in [2.75, 3.05) is 11.1 Å². The maximum absolute atomic E-state index is 14.9. The minimum atomic E-state index is -0.656. The highest BCUT2D eigenvalue weighted by atomic mass is 35.5. The molecule has 0 aliphatic rings. The van der Waals surface area contributed by atoms with E-state index in [0.717, 1.165) is 0 Å². The number of aromatic nitrogens is 4. The van der Waals surface area contributed by atoms with Gasteiger partial charge in [-0.1, -0.05) is 11.6 Å². The van der Waals surface area contributed by atoms with Crippen LogP contribution in [0.1, 0.15) is 11.1 Å². The molecule has 4 aromatic rings. The number of hydrogen-bond donors (Lipinski definition) is 2. The van der Waals surface area contributed by atoms with E-state index in [1.807, 2.05) is 12.1 Å². The fourth-order valence-corrected chi connectivity index (χ4v) is 3.26. The highest BCUT2D eigenvalue weighted by Gasteiger charge is 2.19. The first-order valence-corrected chi connectivity index (χ1v) is 9.21. The molecule has 0 saturated heterocycles. The lowest BCUT2D eigenvalue weighted by atomic mass is 10.2. The molecule has 0 amide bonds. The molecule has 150 valence electrons. The molecule has 0 unspecified atom stereocenters. The highest BCUT2D eigenvalue weighted by molar-refractivity contribution is 6.32. The van der Waals surface area contributed by atoms with Gasteiger partial charge in [-0.3, -0.25) is 4.57 Å². The Kier molecular flexibility index (Phi) is 5.19. The summed E-state index contributed by atoms with van der Waals surface area (Å²) in [6.07, 6.45) is 4.12. The number of nitrogen functional groups attached to an aromatic ring is 1. The number of imidazole rings is 1. The third kappa shape index (κ3) is 3.86. The third-order valence-electron chi connectivity index (χ3n) is 4.31. The summed E-state index contributed by atoms with van der Waals surface area (Å²) in [6.45, 7) is 0. The van der Waals surface area contributed by atoms with Gasteiger partial charge in [-0.15, -0.1) is 0 Å². The van der Waals surface area contributed by atoms with Gasteiger partial charge in [0, 0.05) is 11.8 Å². The molecule has 2 aromatic carbocycles. The first-order valence-electron chi connectivity index (χ1n) is 8.84. The molecule has 8 nitrogen and oxygen atoms in total. The van der Waals surface area contributed by atoms with Crippen molar-refractivity contribution in [2.45, 2.75) is 0 Å². The van der Waals surface area contributed by atoms with Crippen molar-refractivity contribution in [1.82, 2.24) is 19.5 Å². The van der Waals surface area contributed by atoms with E-state index in [0.29, 0.717) is 22.3 Å². The monoisotopic (exact) mass is 430 g/mol. The molecule has 0 fully saturated rings. The summed E-state index contributed by atoms with van der Waals surface area (Å²) in [5.41, 5.74) is 8.23. The first-order chi connectivity index (χ1) is 15.0. The van der Waals surface area contributed by atoms with Crippen LogP contribution in [0.5, 0.6) is 0 Å². The minimum Gasteiger partial charge on any atom is -0.369 e. The van der Waals surface area contributed by atoms with Gasteiger partial charge in [-0.2, -0.15) is 15.5 Å². The molecule has 3 N–H and O–H groups in total. The molecule has 2 aromatic heterocycles. The van der Waals surface area contributed by atoms with Gasteiger partial charge >= 0.3 is 0 Å². The van der Waals surface area contributed by atoms with E-state index in [9.17, 15) is 4.39 Å². The molecule has 0 atom stereocenters. The summed E-state index contributed by atoms with van der Waals surface area (Å²) in [5, 5.41) is 20.7. The Morgan fingerprint density at radius 2 is 1.94 bits per heavy atom. The smallest absolute Gasteiger partial charge is 0.229 e. The van der Waals surface area contributed by atoms with Crippen LogP contribution in [0.25, 0.3) is 22.9 Å². The van der Waals surface area contributed by atoms with Crippen LogP contribution in [0, 0.1) is 28.5 Å². The number of fused-ring (bicyclic) bond motifs is 1. The zero-order valence-electron chi connectivity index (χ0n) is 15.7. The van der Waals surface area contributed by atoms with Gasteiger partial charge < -0.3 is 11.1 Å². The molecule has 10 heteroatoms. The van der Waals surface area contributed by atoms with Crippen LogP contribution < -0.4 is 11.1 Å². The zero-order valence-corrected chi connectivity index (χ0v) is 16.5. The van der Waals surface area contributed by atoms with E-state index in [1.165, 1.54) is 35.0 Å². The molecule has 2 heterocycles. The van der Waals surface area contributed by atoms with E-state index in [-0.39, 0.29) is 28.3 Å². The number of allylic oxidation sites excluding steroid dienone is 1. The lowest BCUT2D eigenvalue weighted by Gasteiger charge is -2.11. The number of anilines is 3. The fourth-order valence-electron chi connectivity index (χ4n) is 2.96. The van der Waals surface area contributed by atoms with Gasteiger partial charge in [0.2, 0.25) is 11.9 Å². The summed E-state index contributed by atoms with van der Waals surface area (Å²) in [4.78, 5) is 12.8. The van der Waals surface area contributed by atoms with Crippen molar-refractivity contribution >= 4 is 46.4 Å². The van der Waals surface area contributed by atoms with Crippen molar-refractivity contribution in [3.05, 3.63) is 70.6 Å². The standard InChI is InChI=1S/C21H12ClFN8/c22-15-8-13(2-1-7-24)9-16(23)18(15)31-19-17(29-20(31)26)11-27-21(30-19)28-14-5-3-12(10-25)4-6-14/h1-6,8-9,11H,(H2,26,29)(H,27,28,30)/b2-1+. The van der Waals surface area contributed by atoms with Crippen molar-refractivity contribution < 1.29 is 4.39 Å². The molecule has 4 rings (SSSR count). The molecular weight excluding hydrogens is 419 g/mol. The van der Waals surface area contributed by atoms with Crippen molar-refractivity contribution in [3.8, 4) is 17.8 Å². The number of benzene rings is 2. The second-order valence-electron chi connectivity index (χ2n) is 6.32. The maximum Gasteiger partial charge on any atom is 0.229 e. The number of nitriles is 2. The molecule has 0 radical (unpaired) electrons. The van der Waals surface area contributed by atoms with E-state index < -0.39 is 5.82 Å². The molecule has 0 aliphatic carbocycles. The largest absolute Gasteiger partial charge is 0.369 e. The lowest BCUT2D eigenvalue weighted by Crippen LogP contribution is -2.06. The lowest BCUT2D eigenvalue weighted by molar-refractivity contribution is 0.619. The summed E-state index contributed by atoms with van der Waals surface area (Å²) in [6, 6.07) is 13.4. The molecular formula is C21H12ClFN8. The van der Waals surface area contributed by atoms with Gasteiger partial charge in [-0.25, -0.2) is 14.4 Å².